The second-order valence-corrected chi connectivity index (χ2v) is 6.79. The van der Waals surface area contributed by atoms with Crippen molar-refractivity contribution in [2.75, 3.05) is 44.2 Å². The van der Waals surface area contributed by atoms with Gasteiger partial charge in [0.15, 0.2) is 11.5 Å². The van der Waals surface area contributed by atoms with Crippen molar-refractivity contribution < 1.29 is 5.11 Å². The van der Waals surface area contributed by atoms with Crippen molar-refractivity contribution in [1.82, 2.24) is 24.7 Å². The second-order valence-electron chi connectivity index (χ2n) is 6.79. The van der Waals surface area contributed by atoms with Gasteiger partial charge < -0.3 is 10.0 Å². The average molecular weight is 304 g/mol. The lowest BCUT2D eigenvalue weighted by atomic mass is 9.96. The zero-order valence-electron chi connectivity index (χ0n) is 13.5. The molecular weight excluding hydrogens is 280 g/mol. The summed E-state index contributed by atoms with van der Waals surface area (Å²) in [5.74, 6) is 1.84. The highest BCUT2D eigenvalue weighted by Crippen LogP contribution is 2.22. The molecule has 1 N–H and O–H groups in total. The van der Waals surface area contributed by atoms with Crippen LogP contribution in [0.25, 0.3) is 5.65 Å². The van der Waals surface area contributed by atoms with Crippen molar-refractivity contribution in [3.63, 3.8) is 0 Å². The third kappa shape index (κ3) is 2.91. The molecule has 7 heteroatoms. The first kappa shape index (κ1) is 15.2. The van der Waals surface area contributed by atoms with Gasteiger partial charge in [0.05, 0.1) is 6.61 Å². The Balaban J connectivity index is 1.83. The van der Waals surface area contributed by atoms with Gasteiger partial charge >= 0.3 is 0 Å². The average Bonchev–Trinajstić information content (AvgIpc) is 2.91. The lowest BCUT2D eigenvalue weighted by molar-refractivity contribution is 0.188. The minimum Gasteiger partial charge on any atom is -0.395 e. The minimum atomic E-state index is -0.0924. The van der Waals surface area contributed by atoms with Crippen LogP contribution in [0, 0.1) is 0 Å². The van der Waals surface area contributed by atoms with Crippen LogP contribution in [0.5, 0.6) is 0 Å². The van der Waals surface area contributed by atoms with E-state index in [1.54, 1.807) is 0 Å². The van der Waals surface area contributed by atoms with Crippen LogP contribution in [-0.2, 0) is 5.41 Å². The summed E-state index contributed by atoms with van der Waals surface area (Å²) in [4.78, 5) is 4.55. The molecule has 0 aliphatic carbocycles. The molecule has 0 atom stereocenters. The van der Waals surface area contributed by atoms with Crippen molar-refractivity contribution in [2.45, 2.75) is 26.2 Å². The topological polar surface area (TPSA) is 69.8 Å². The van der Waals surface area contributed by atoms with Crippen molar-refractivity contribution in [3.8, 4) is 0 Å². The van der Waals surface area contributed by atoms with Gasteiger partial charge in [0, 0.05) is 38.1 Å². The van der Waals surface area contributed by atoms with E-state index in [0.29, 0.717) is 0 Å². The van der Waals surface area contributed by atoms with E-state index in [2.05, 4.69) is 40.8 Å². The number of anilines is 1. The van der Waals surface area contributed by atoms with Crippen molar-refractivity contribution in [1.29, 1.82) is 0 Å². The lowest BCUT2D eigenvalue weighted by Gasteiger charge is -2.34. The molecule has 120 valence electrons. The van der Waals surface area contributed by atoms with Crippen molar-refractivity contribution in [3.05, 3.63) is 18.0 Å². The Morgan fingerprint density at radius 3 is 2.45 bits per heavy atom. The van der Waals surface area contributed by atoms with Gasteiger partial charge in [-0.15, -0.1) is 15.3 Å². The summed E-state index contributed by atoms with van der Waals surface area (Å²) < 4.78 is 1.86. The van der Waals surface area contributed by atoms with E-state index >= 15 is 0 Å². The fourth-order valence-corrected chi connectivity index (χ4v) is 2.76. The Morgan fingerprint density at radius 2 is 1.82 bits per heavy atom. The monoisotopic (exact) mass is 304 g/mol. The molecule has 3 heterocycles. The molecule has 2 aromatic heterocycles. The van der Waals surface area contributed by atoms with Gasteiger partial charge in [0.2, 0.25) is 0 Å². The van der Waals surface area contributed by atoms with Crippen LogP contribution in [-0.4, -0.2) is 69.1 Å². The maximum Gasteiger partial charge on any atom is 0.178 e. The lowest BCUT2D eigenvalue weighted by Crippen LogP contribution is -2.47. The van der Waals surface area contributed by atoms with Crippen LogP contribution in [0.1, 0.15) is 26.6 Å². The molecule has 0 amide bonds. The molecule has 0 bridgehead atoms. The van der Waals surface area contributed by atoms with E-state index in [9.17, 15) is 0 Å². The van der Waals surface area contributed by atoms with Gasteiger partial charge in [-0.3, -0.25) is 4.90 Å². The highest BCUT2D eigenvalue weighted by molar-refractivity contribution is 5.46. The summed E-state index contributed by atoms with van der Waals surface area (Å²) in [6.07, 6.45) is 0. The molecule has 0 aromatic carbocycles. The third-order valence-electron chi connectivity index (χ3n) is 4.03. The van der Waals surface area contributed by atoms with E-state index in [0.717, 1.165) is 50.0 Å². The number of aliphatic hydroxyl groups is 1. The fourth-order valence-electron chi connectivity index (χ4n) is 2.76. The molecule has 0 spiro atoms. The number of rotatable bonds is 3. The van der Waals surface area contributed by atoms with Gasteiger partial charge in [-0.2, -0.15) is 4.52 Å². The highest BCUT2D eigenvalue weighted by atomic mass is 16.3. The van der Waals surface area contributed by atoms with Crippen LogP contribution in [0.4, 0.5) is 5.82 Å². The third-order valence-corrected chi connectivity index (χ3v) is 4.03. The summed E-state index contributed by atoms with van der Waals surface area (Å²) in [6, 6.07) is 3.99. The number of aromatic nitrogens is 4. The number of β-amino-alcohol motifs (C(OH)–C–C–N with tert-alkyl or cyclic N) is 1. The number of piperazine rings is 1. The Hall–Kier alpha value is -1.73. The second kappa shape index (κ2) is 5.81. The standard InChI is InChI=1S/C15H24N6O/c1-15(2,3)14-17-16-12-4-5-13(18-21(12)14)20-8-6-19(7-9-20)10-11-22/h4-5,22H,6-11H2,1-3H3. The van der Waals surface area contributed by atoms with Crippen LogP contribution in [0.15, 0.2) is 12.1 Å². The molecule has 1 fully saturated rings. The molecule has 3 rings (SSSR count). The van der Waals surface area contributed by atoms with Gasteiger partial charge in [-0.1, -0.05) is 20.8 Å². The van der Waals surface area contributed by atoms with Crippen molar-refractivity contribution >= 4 is 11.5 Å². The number of aliphatic hydroxyl groups excluding tert-OH is 1. The van der Waals surface area contributed by atoms with E-state index in [1.165, 1.54) is 0 Å². The first-order chi connectivity index (χ1) is 10.5. The maximum atomic E-state index is 9.02. The zero-order valence-corrected chi connectivity index (χ0v) is 13.5. The molecule has 22 heavy (non-hydrogen) atoms. The number of hydrogen-bond donors (Lipinski definition) is 1. The molecular formula is C15H24N6O. The molecule has 2 aromatic rings. The van der Waals surface area contributed by atoms with Crippen LogP contribution in [0.2, 0.25) is 0 Å². The summed E-state index contributed by atoms with van der Waals surface area (Å²) >= 11 is 0. The number of nitrogens with zero attached hydrogens (tertiary/aromatic N) is 6. The highest BCUT2D eigenvalue weighted by Gasteiger charge is 2.23. The van der Waals surface area contributed by atoms with Crippen LogP contribution >= 0.6 is 0 Å². The quantitative estimate of drug-likeness (QED) is 0.892. The maximum absolute atomic E-state index is 9.02. The van der Waals surface area contributed by atoms with Gasteiger partial charge in [0.25, 0.3) is 0 Å². The minimum absolute atomic E-state index is 0.0924. The van der Waals surface area contributed by atoms with Crippen LogP contribution in [0.3, 0.4) is 0 Å². The predicted octanol–water partition coefficient (Wildman–Crippen LogP) is 0.536. The molecule has 1 aliphatic rings. The normalized spacial score (nSPS) is 17.4. The first-order valence-electron chi connectivity index (χ1n) is 7.80. The fraction of sp³-hybridized carbons (Fsp3) is 0.667. The van der Waals surface area contributed by atoms with E-state index in [-0.39, 0.29) is 12.0 Å². The van der Waals surface area contributed by atoms with Crippen molar-refractivity contribution in [2.24, 2.45) is 0 Å². The smallest absolute Gasteiger partial charge is 0.178 e. The Bertz CT molecular complexity index is 639. The summed E-state index contributed by atoms with van der Waals surface area (Å²) in [5, 5.41) is 22.3. The Morgan fingerprint density at radius 1 is 1.09 bits per heavy atom. The molecule has 1 saturated heterocycles. The first-order valence-corrected chi connectivity index (χ1v) is 7.80. The number of hydrogen-bond acceptors (Lipinski definition) is 6. The molecule has 0 radical (unpaired) electrons. The van der Waals surface area contributed by atoms with Gasteiger partial charge in [0.1, 0.15) is 5.82 Å². The van der Waals surface area contributed by atoms with E-state index < -0.39 is 0 Å². The van der Waals surface area contributed by atoms with Gasteiger partial charge in [-0.05, 0) is 12.1 Å². The largest absolute Gasteiger partial charge is 0.395 e. The van der Waals surface area contributed by atoms with E-state index in [4.69, 9.17) is 10.2 Å². The van der Waals surface area contributed by atoms with Gasteiger partial charge in [-0.25, -0.2) is 0 Å². The molecule has 7 nitrogen and oxygen atoms in total. The van der Waals surface area contributed by atoms with Crippen LogP contribution < -0.4 is 4.90 Å². The number of fused-ring (bicyclic) bond motifs is 1. The van der Waals surface area contributed by atoms with E-state index in [1.807, 2.05) is 16.6 Å². The summed E-state index contributed by atoms with van der Waals surface area (Å²) in [7, 11) is 0. The predicted molar refractivity (Wildman–Crippen MR) is 85.2 cm³/mol. The Labute approximate surface area is 130 Å². The zero-order chi connectivity index (χ0) is 15.7. The Kier molecular flexibility index (Phi) is 4.01. The molecule has 0 unspecified atom stereocenters. The molecule has 1 aliphatic heterocycles. The summed E-state index contributed by atoms with van der Waals surface area (Å²) in [5.41, 5.74) is 0.692. The molecule has 0 saturated carbocycles. The SMILES string of the molecule is CC(C)(C)c1nnc2ccc(N3CCN(CCO)CC3)nn12. The summed E-state index contributed by atoms with van der Waals surface area (Å²) in [6.45, 7) is 11.1.